The van der Waals surface area contributed by atoms with Crippen LogP contribution in [0.2, 0.25) is 0 Å². The van der Waals surface area contributed by atoms with Crippen LogP contribution in [-0.4, -0.2) is 74.3 Å². The molecule has 1 fully saturated rings. The molecule has 23 heavy (non-hydrogen) atoms. The molecule has 1 aliphatic rings. The van der Waals surface area contributed by atoms with Gasteiger partial charge < -0.3 is 41.0 Å². The quantitative estimate of drug-likeness (QED) is 0.326. The normalized spacial score (nSPS) is 31.0. The van der Waals surface area contributed by atoms with Crippen molar-refractivity contribution in [1.82, 2.24) is 9.55 Å². The highest BCUT2D eigenvalue weighted by Crippen LogP contribution is 2.24. The maximum Gasteiger partial charge on any atom is 0.300 e. The van der Waals surface area contributed by atoms with Gasteiger partial charge in [0.2, 0.25) is 0 Å². The Morgan fingerprint density at radius 2 is 2.00 bits per heavy atom. The second-order valence-corrected chi connectivity index (χ2v) is 5.12. The number of aliphatic hydroxyl groups is 4. The van der Waals surface area contributed by atoms with E-state index in [0.717, 1.165) is 4.57 Å². The molecule has 130 valence electrons. The molecule has 1 aliphatic heterocycles. The van der Waals surface area contributed by atoms with Crippen molar-refractivity contribution in [2.24, 2.45) is 7.05 Å². The number of nitrogen functional groups attached to an aromatic ring is 1. The zero-order chi connectivity index (χ0) is 17.3. The van der Waals surface area contributed by atoms with Crippen molar-refractivity contribution in [1.29, 1.82) is 0 Å². The largest absolute Gasteiger partial charge is 0.468 e. The summed E-state index contributed by atoms with van der Waals surface area (Å²) < 4.78 is 11.2. The van der Waals surface area contributed by atoms with Crippen LogP contribution >= 0.6 is 0 Å². The molecule has 0 spiro atoms. The number of aromatic nitrogens is 2. The van der Waals surface area contributed by atoms with E-state index in [1.807, 2.05) is 0 Å². The monoisotopic (exact) mass is 332 g/mol. The van der Waals surface area contributed by atoms with E-state index < -0.39 is 42.8 Å². The van der Waals surface area contributed by atoms with Crippen molar-refractivity contribution in [2.45, 2.75) is 30.6 Å². The second-order valence-electron chi connectivity index (χ2n) is 5.12. The molecule has 0 radical (unpaired) electrons. The van der Waals surface area contributed by atoms with Gasteiger partial charge in [-0.3, -0.25) is 9.36 Å². The van der Waals surface area contributed by atoms with Crippen molar-refractivity contribution in [3.8, 4) is 6.01 Å². The molecule has 0 bridgehead atoms. The van der Waals surface area contributed by atoms with E-state index >= 15 is 0 Å². The maximum atomic E-state index is 12.2. The lowest BCUT2D eigenvalue weighted by atomic mass is 9.98. The zero-order valence-corrected chi connectivity index (χ0v) is 12.6. The minimum absolute atomic E-state index is 0.00754. The summed E-state index contributed by atoms with van der Waals surface area (Å²) in [5.41, 5.74) is 4.93. The Hall–Kier alpha value is -1.92. The third-order valence-electron chi connectivity index (χ3n) is 3.64. The average molecular weight is 332 g/mol. The van der Waals surface area contributed by atoms with Crippen LogP contribution in [0.1, 0.15) is 0 Å². The Bertz CT molecular complexity index is 620. The number of anilines is 2. The van der Waals surface area contributed by atoms with Gasteiger partial charge in [0.25, 0.3) is 5.56 Å². The highest BCUT2D eigenvalue weighted by molar-refractivity contribution is 5.61. The van der Waals surface area contributed by atoms with Crippen LogP contribution in [0.5, 0.6) is 6.01 Å². The van der Waals surface area contributed by atoms with E-state index in [4.69, 9.17) is 20.3 Å². The number of hydrogen-bond acceptors (Lipinski definition) is 10. The van der Waals surface area contributed by atoms with Crippen molar-refractivity contribution < 1.29 is 29.9 Å². The van der Waals surface area contributed by atoms with Gasteiger partial charge >= 0.3 is 6.01 Å². The van der Waals surface area contributed by atoms with E-state index in [0.29, 0.717) is 0 Å². The van der Waals surface area contributed by atoms with Gasteiger partial charge in [-0.1, -0.05) is 0 Å². The molecule has 7 N–H and O–H groups in total. The minimum Gasteiger partial charge on any atom is -0.468 e. The third-order valence-corrected chi connectivity index (χ3v) is 3.64. The van der Waals surface area contributed by atoms with Crippen molar-refractivity contribution in [2.75, 3.05) is 24.8 Å². The molecule has 1 aromatic heterocycles. The molecule has 0 saturated carbocycles. The molecule has 5 unspecified atom stereocenters. The first kappa shape index (κ1) is 17.4. The number of aliphatic hydroxyl groups excluding tert-OH is 4. The Labute approximate surface area is 130 Å². The van der Waals surface area contributed by atoms with Crippen LogP contribution in [0, 0.1) is 0 Å². The molecule has 0 amide bonds. The number of hydrogen-bond donors (Lipinski definition) is 6. The van der Waals surface area contributed by atoms with Gasteiger partial charge in [0.15, 0.2) is 12.0 Å². The topological polar surface area (TPSA) is 172 Å². The lowest BCUT2D eigenvalue weighted by Crippen LogP contribution is -2.60. The Balaban J connectivity index is 2.32. The molecular weight excluding hydrogens is 312 g/mol. The average Bonchev–Trinajstić information content (AvgIpc) is 2.54. The van der Waals surface area contributed by atoms with Crippen LogP contribution < -0.4 is 21.3 Å². The van der Waals surface area contributed by atoms with Gasteiger partial charge in [-0.2, -0.15) is 4.98 Å². The number of ether oxygens (including phenoxy) is 2. The summed E-state index contributed by atoms with van der Waals surface area (Å²) in [7, 11) is 2.73. The van der Waals surface area contributed by atoms with E-state index in [1.54, 1.807) is 0 Å². The molecule has 2 heterocycles. The molecule has 11 heteroatoms. The highest BCUT2D eigenvalue weighted by Gasteiger charge is 2.43. The van der Waals surface area contributed by atoms with E-state index in [1.165, 1.54) is 14.2 Å². The van der Waals surface area contributed by atoms with Gasteiger partial charge in [0, 0.05) is 7.05 Å². The molecule has 11 nitrogen and oxygen atoms in total. The van der Waals surface area contributed by atoms with Crippen LogP contribution in [0.4, 0.5) is 11.5 Å². The molecule has 1 aromatic rings. The lowest BCUT2D eigenvalue weighted by molar-refractivity contribution is -0.221. The Morgan fingerprint density at radius 1 is 1.35 bits per heavy atom. The van der Waals surface area contributed by atoms with Crippen LogP contribution in [0.25, 0.3) is 0 Å². The summed E-state index contributed by atoms with van der Waals surface area (Å²) in [6.45, 7) is -0.586. The molecule has 1 saturated heterocycles. The summed E-state index contributed by atoms with van der Waals surface area (Å²) in [4.78, 5) is 16.1. The number of nitrogens with one attached hydrogen (secondary N) is 1. The van der Waals surface area contributed by atoms with Gasteiger partial charge in [0.05, 0.1) is 13.7 Å². The Kier molecular flexibility index (Phi) is 5.06. The molecule has 0 aliphatic carbocycles. The number of nitrogens with two attached hydrogens (primary N) is 1. The summed E-state index contributed by atoms with van der Waals surface area (Å²) in [6, 6.07) is -0.00754. The van der Waals surface area contributed by atoms with E-state index in [2.05, 4.69) is 10.3 Å². The van der Waals surface area contributed by atoms with Crippen molar-refractivity contribution in [3.63, 3.8) is 0 Å². The van der Waals surface area contributed by atoms with Crippen LogP contribution in [-0.2, 0) is 11.8 Å². The predicted octanol–water partition coefficient (Wildman–Crippen LogP) is -3.42. The zero-order valence-electron chi connectivity index (χ0n) is 12.6. The molecule has 5 atom stereocenters. The van der Waals surface area contributed by atoms with Gasteiger partial charge in [-0.15, -0.1) is 0 Å². The van der Waals surface area contributed by atoms with Gasteiger partial charge in [-0.05, 0) is 0 Å². The molecular formula is C12H20N4O7. The number of methoxy groups -OCH3 is 1. The van der Waals surface area contributed by atoms with Crippen molar-refractivity contribution in [3.05, 3.63) is 10.4 Å². The van der Waals surface area contributed by atoms with Gasteiger partial charge in [-0.25, -0.2) is 0 Å². The van der Waals surface area contributed by atoms with E-state index in [-0.39, 0.29) is 17.5 Å². The fraction of sp³-hybridized carbons (Fsp3) is 0.667. The van der Waals surface area contributed by atoms with Gasteiger partial charge in [0.1, 0.15) is 30.1 Å². The van der Waals surface area contributed by atoms with E-state index in [9.17, 15) is 20.1 Å². The smallest absolute Gasteiger partial charge is 0.300 e. The first-order chi connectivity index (χ1) is 10.8. The van der Waals surface area contributed by atoms with Crippen LogP contribution in [0.15, 0.2) is 4.79 Å². The summed E-state index contributed by atoms with van der Waals surface area (Å²) in [5, 5.41) is 41.1. The highest BCUT2D eigenvalue weighted by atomic mass is 16.6. The lowest BCUT2D eigenvalue weighted by Gasteiger charge is -2.40. The summed E-state index contributed by atoms with van der Waals surface area (Å²) >= 11 is 0. The summed E-state index contributed by atoms with van der Waals surface area (Å²) in [6.07, 6.45) is -7.02. The standard InChI is InChI=1S/C12H20N4O7/c1-16-11(21)5(9(13)15-12(16)22-2)14-10-8(20)7(19)6(18)4(3-17)23-10/h4,6-8,10,14,17-20H,3,13H2,1-2H3. The molecule has 0 aromatic carbocycles. The first-order valence-electron chi connectivity index (χ1n) is 6.79. The number of nitrogens with zero attached hydrogens (tertiary/aromatic N) is 2. The molecule has 2 rings (SSSR count). The second kappa shape index (κ2) is 6.68. The van der Waals surface area contributed by atoms with Crippen molar-refractivity contribution >= 4 is 11.5 Å². The fourth-order valence-corrected chi connectivity index (χ4v) is 2.28. The summed E-state index contributed by atoms with van der Waals surface area (Å²) in [5.74, 6) is -0.193. The SMILES string of the molecule is COc1nc(N)c(NC2OC(CO)C(O)C(O)C2O)c(=O)n1C. The third kappa shape index (κ3) is 3.09. The van der Waals surface area contributed by atoms with Crippen LogP contribution in [0.3, 0.4) is 0 Å². The fourth-order valence-electron chi connectivity index (χ4n) is 2.28. The Morgan fingerprint density at radius 3 is 2.57 bits per heavy atom. The first-order valence-corrected chi connectivity index (χ1v) is 6.79. The minimum atomic E-state index is -1.57. The predicted molar refractivity (Wildman–Crippen MR) is 77.8 cm³/mol. The number of rotatable bonds is 4. The maximum absolute atomic E-state index is 12.2.